The number of anilines is 1. The van der Waals surface area contributed by atoms with Crippen LogP contribution < -0.4 is 19.9 Å². The van der Waals surface area contributed by atoms with Crippen molar-refractivity contribution in [1.82, 2.24) is 5.48 Å². The lowest BCUT2D eigenvalue weighted by atomic mass is 10.1. The first kappa shape index (κ1) is 17.4. The maximum Gasteiger partial charge on any atom is 0.270 e. The van der Waals surface area contributed by atoms with E-state index >= 15 is 0 Å². The molecule has 4 rings (SSSR count). The van der Waals surface area contributed by atoms with Crippen molar-refractivity contribution in [3.8, 4) is 11.5 Å². The van der Waals surface area contributed by atoms with E-state index in [-0.39, 0.29) is 5.57 Å². The number of carbonyl (C=O) groups excluding carboxylic acids is 2. The second-order valence-corrected chi connectivity index (χ2v) is 6.35. The first-order valence-electron chi connectivity index (χ1n) is 8.07. The third-order valence-corrected chi connectivity index (χ3v) is 4.70. The van der Waals surface area contributed by atoms with Crippen LogP contribution in [0, 0.1) is 0 Å². The second kappa shape index (κ2) is 6.61. The number of carbonyl (C=O) groups is 2. The number of ether oxygens (including phenoxy) is 2. The summed E-state index contributed by atoms with van der Waals surface area (Å²) in [5, 5.41) is 0.566. The smallest absolute Gasteiger partial charge is 0.270 e. The molecule has 0 unspecified atom stereocenters. The van der Waals surface area contributed by atoms with Crippen LogP contribution in [0.15, 0.2) is 48.0 Å². The van der Waals surface area contributed by atoms with Crippen molar-refractivity contribution in [3.63, 3.8) is 0 Å². The summed E-state index contributed by atoms with van der Waals surface area (Å²) >= 11 is 5.92. The van der Waals surface area contributed by atoms with Crippen LogP contribution in [-0.4, -0.2) is 32.1 Å². The zero-order valence-corrected chi connectivity index (χ0v) is 15.2. The van der Waals surface area contributed by atoms with E-state index in [1.807, 2.05) is 0 Å². The van der Waals surface area contributed by atoms with Crippen LogP contribution in [0.5, 0.6) is 11.5 Å². The van der Waals surface area contributed by atoms with Gasteiger partial charge in [0.2, 0.25) is 0 Å². The average molecular weight is 387 g/mol. The van der Waals surface area contributed by atoms with Gasteiger partial charge in [0.25, 0.3) is 11.8 Å². The first-order valence-corrected chi connectivity index (χ1v) is 8.45. The highest BCUT2D eigenvalue weighted by molar-refractivity contribution is 6.33. The van der Waals surface area contributed by atoms with Gasteiger partial charge in [0.1, 0.15) is 11.5 Å². The first-order chi connectivity index (χ1) is 13.0. The monoisotopic (exact) mass is 386 g/mol. The Hall–Kier alpha value is -3.03. The minimum Gasteiger partial charge on any atom is -0.497 e. The third kappa shape index (κ3) is 2.72. The van der Waals surface area contributed by atoms with E-state index < -0.39 is 17.9 Å². The quantitative estimate of drug-likeness (QED) is 0.814. The van der Waals surface area contributed by atoms with Gasteiger partial charge in [-0.15, -0.1) is 0 Å². The summed E-state index contributed by atoms with van der Waals surface area (Å²) < 4.78 is 10.5. The molecule has 1 saturated heterocycles. The zero-order chi connectivity index (χ0) is 19.1. The summed E-state index contributed by atoms with van der Waals surface area (Å²) in [5.41, 5.74) is 4.37. The molecule has 7 nitrogen and oxygen atoms in total. The minimum atomic E-state index is -1.03. The molecule has 2 aromatic rings. The number of hydroxylamine groups is 1. The standard InChI is InChI=1S/C19H15ClN2O5/c1-25-12-7-8-14(26-2)13(9-12)22-18(23)15-16(21-27-17(15)19(22)24)10-3-5-11(20)6-4-10/h3-9,17,21H,1-2H3/t17-/m1/s1. The summed E-state index contributed by atoms with van der Waals surface area (Å²) in [6.45, 7) is 0. The molecule has 138 valence electrons. The van der Waals surface area contributed by atoms with Gasteiger partial charge >= 0.3 is 0 Å². The highest BCUT2D eigenvalue weighted by Crippen LogP contribution is 2.40. The van der Waals surface area contributed by atoms with Crippen LogP contribution in [-0.2, 0) is 14.4 Å². The van der Waals surface area contributed by atoms with Crippen molar-refractivity contribution in [2.24, 2.45) is 0 Å². The topological polar surface area (TPSA) is 77.1 Å². The molecule has 1 N–H and O–H groups in total. The second-order valence-electron chi connectivity index (χ2n) is 5.91. The van der Waals surface area contributed by atoms with Crippen molar-refractivity contribution >= 4 is 34.8 Å². The number of nitrogens with zero attached hydrogens (tertiary/aromatic N) is 1. The maximum atomic E-state index is 13.1. The van der Waals surface area contributed by atoms with Crippen molar-refractivity contribution in [2.45, 2.75) is 6.10 Å². The number of amides is 2. The molecule has 2 aliphatic heterocycles. The number of hydrogen-bond acceptors (Lipinski definition) is 6. The molecule has 0 radical (unpaired) electrons. The molecule has 1 atom stereocenters. The zero-order valence-electron chi connectivity index (χ0n) is 14.5. The third-order valence-electron chi connectivity index (χ3n) is 4.45. The maximum absolute atomic E-state index is 13.1. The summed E-state index contributed by atoms with van der Waals surface area (Å²) in [6, 6.07) is 11.8. The van der Waals surface area contributed by atoms with E-state index in [4.69, 9.17) is 25.9 Å². The van der Waals surface area contributed by atoms with Gasteiger partial charge in [0, 0.05) is 16.7 Å². The predicted octanol–water partition coefficient (Wildman–Crippen LogP) is 2.55. The molecule has 0 bridgehead atoms. The molecule has 0 saturated carbocycles. The van der Waals surface area contributed by atoms with Gasteiger partial charge in [-0.3, -0.25) is 19.9 Å². The Bertz CT molecular complexity index is 971. The van der Waals surface area contributed by atoms with E-state index in [2.05, 4.69) is 5.48 Å². The molecular weight excluding hydrogens is 372 g/mol. The fourth-order valence-electron chi connectivity index (χ4n) is 3.12. The van der Waals surface area contributed by atoms with Gasteiger partial charge in [-0.25, -0.2) is 4.90 Å². The Kier molecular flexibility index (Phi) is 4.25. The molecular formula is C19H15ClN2O5. The molecule has 2 aliphatic rings. The molecule has 8 heteroatoms. The van der Waals surface area contributed by atoms with Gasteiger partial charge in [0.05, 0.1) is 31.2 Å². The van der Waals surface area contributed by atoms with Crippen molar-refractivity contribution in [3.05, 3.63) is 58.6 Å². The summed E-state index contributed by atoms with van der Waals surface area (Å²) in [5.74, 6) is -0.113. The van der Waals surface area contributed by atoms with Crippen molar-refractivity contribution < 1.29 is 23.9 Å². The lowest BCUT2D eigenvalue weighted by molar-refractivity contribution is -0.127. The Labute approximate surface area is 160 Å². The Morgan fingerprint density at radius 1 is 1.07 bits per heavy atom. The van der Waals surface area contributed by atoms with Crippen LogP contribution in [0.4, 0.5) is 5.69 Å². The van der Waals surface area contributed by atoms with Crippen LogP contribution in [0.2, 0.25) is 5.02 Å². The van der Waals surface area contributed by atoms with Crippen LogP contribution in [0.3, 0.4) is 0 Å². The molecule has 2 aromatic carbocycles. The minimum absolute atomic E-state index is 0.243. The number of hydrogen-bond donors (Lipinski definition) is 1. The number of benzene rings is 2. The number of methoxy groups -OCH3 is 2. The van der Waals surface area contributed by atoms with Crippen LogP contribution in [0.25, 0.3) is 5.70 Å². The van der Waals surface area contributed by atoms with Crippen LogP contribution >= 0.6 is 11.6 Å². The SMILES string of the molecule is COc1ccc(OC)c(N2C(=O)C3=C(c4ccc(Cl)cc4)NO[C@H]3C2=O)c1. The van der Waals surface area contributed by atoms with Gasteiger partial charge in [-0.1, -0.05) is 23.7 Å². The average Bonchev–Trinajstić information content (AvgIpc) is 3.22. The molecule has 0 spiro atoms. The number of fused-ring (bicyclic) bond motifs is 1. The number of imide groups is 1. The normalized spacial score (nSPS) is 18.6. The fourth-order valence-corrected chi connectivity index (χ4v) is 3.25. The number of halogens is 1. The lowest BCUT2D eigenvalue weighted by Gasteiger charge is -2.19. The summed E-state index contributed by atoms with van der Waals surface area (Å²) in [7, 11) is 2.97. The summed E-state index contributed by atoms with van der Waals surface area (Å²) in [6.07, 6.45) is -1.03. The van der Waals surface area contributed by atoms with Gasteiger partial charge in [-0.05, 0) is 24.3 Å². The molecule has 0 aromatic heterocycles. The predicted molar refractivity (Wildman–Crippen MR) is 98.4 cm³/mol. The number of rotatable bonds is 4. The van der Waals surface area contributed by atoms with E-state index in [0.717, 1.165) is 4.90 Å². The molecule has 2 amide bonds. The lowest BCUT2D eigenvalue weighted by Crippen LogP contribution is -2.34. The highest BCUT2D eigenvalue weighted by atomic mass is 35.5. The van der Waals surface area contributed by atoms with E-state index in [1.54, 1.807) is 42.5 Å². The molecule has 1 fully saturated rings. The van der Waals surface area contributed by atoms with E-state index in [1.165, 1.54) is 14.2 Å². The molecule has 2 heterocycles. The van der Waals surface area contributed by atoms with Crippen molar-refractivity contribution in [1.29, 1.82) is 0 Å². The van der Waals surface area contributed by atoms with Gasteiger partial charge < -0.3 is 9.47 Å². The van der Waals surface area contributed by atoms with E-state index in [0.29, 0.717) is 33.5 Å². The van der Waals surface area contributed by atoms with E-state index in [9.17, 15) is 9.59 Å². The number of nitrogens with one attached hydrogen (secondary N) is 1. The molecule has 27 heavy (non-hydrogen) atoms. The Balaban J connectivity index is 1.81. The summed E-state index contributed by atoms with van der Waals surface area (Å²) in [4.78, 5) is 32.5. The highest BCUT2D eigenvalue weighted by Gasteiger charge is 2.51. The van der Waals surface area contributed by atoms with Gasteiger partial charge in [-0.2, -0.15) is 0 Å². The fraction of sp³-hybridized carbons (Fsp3) is 0.158. The largest absolute Gasteiger partial charge is 0.497 e. The molecule has 0 aliphatic carbocycles. The van der Waals surface area contributed by atoms with Crippen LogP contribution in [0.1, 0.15) is 5.56 Å². The van der Waals surface area contributed by atoms with Crippen molar-refractivity contribution in [2.75, 3.05) is 19.1 Å². The van der Waals surface area contributed by atoms with Gasteiger partial charge in [0.15, 0.2) is 6.10 Å². The Morgan fingerprint density at radius 3 is 2.48 bits per heavy atom. The Morgan fingerprint density at radius 2 is 1.81 bits per heavy atom.